The fraction of sp³-hybridized carbons (Fsp3) is 0.143. The summed E-state index contributed by atoms with van der Waals surface area (Å²) in [7, 11) is 0. The highest BCUT2D eigenvalue weighted by Crippen LogP contribution is 2.19. The lowest BCUT2D eigenvalue weighted by atomic mass is 10.1. The summed E-state index contributed by atoms with van der Waals surface area (Å²) in [5.41, 5.74) is 2.34. The van der Waals surface area contributed by atoms with Crippen LogP contribution in [0.25, 0.3) is 0 Å². The fourth-order valence-electron chi connectivity index (χ4n) is 1.81. The summed E-state index contributed by atoms with van der Waals surface area (Å²) in [6.07, 6.45) is 3.91. The molecule has 1 aromatic carbocycles. The van der Waals surface area contributed by atoms with E-state index in [2.05, 4.69) is 10.3 Å². The molecule has 0 aliphatic carbocycles. The van der Waals surface area contributed by atoms with Gasteiger partial charge in [0.05, 0.1) is 0 Å². The molecule has 0 radical (unpaired) electrons. The molecule has 0 fully saturated rings. The van der Waals surface area contributed by atoms with Crippen molar-refractivity contribution in [2.75, 3.05) is 12.0 Å². The van der Waals surface area contributed by atoms with Gasteiger partial charge in [-0.2, -0.15) is 0 Å². The second kappa shape index (κ2) is 6.76. The number of nitrogen functional groups attached to an aromatic ring is 1. The molecule has 0 saturated carbocycles. The van der Waals surface area contributed by atoms with E-state index in [4.69, 9.17) is 5.84 Å². The first-order valence-corrected chi connectivity index (χ1v) is 6.24. The maximum atomic E-state index is 13.5. The number of carbonyl (C=O) groups excluding carboxylic acids is 1. The molecule has 0 aliphatic heterocycles. The number of hydrogen-bond donors (Lipinski definition) is 3. The van der Waals surface area contributed by atoms with Gasteiger partial charge in [-0.05, 0) is 36.2 Å². The lowest BCUT2D eigenvalue weighted by molar-refractivity contribution is 0.0953. The van der Waals surface area contributed by atoms with Gasteiger partial charge < -0.3 is 10.7 Å². The molecule has 1 heterocycles. The largest absolute Gasteiger partial charge is 0.352 e. The van der Waals surface area contributed by atoms with Gasteiger partial charge in [-0.25, -0.2) is 8.78 Å². The molecule has 2 aromatic rings. The zero-order valence-corrected chi connectivity index (χ0v) is 11.1. The summed E-state index contributed by atoms with van der Waals surface area (Å²) >= 11 is 0. The molecular weight excluding hydrogens is 278 g/mol. The third-order valence-corrected chi connectivity index (χ3v) is 2.90. The molecule has 5 nitrogen and oxygen atoms in total. The zero-order chi connectivity index (χ0) is 15.2. The first-order chi connectivity index (χ1) is 10.1. The van der Waals surface area contributed by atoms with Crippen molar-refractivity contribution in [1.82, 2.24) is 10.3 Å². The number of nitrogens with two attached hydrogens (primary N) is 1. The number of hydrazine groups is 1. The van der Waals surface area contributed by atoms with Crippen LogP contribution in [0.4, 0.5) is 14.5 Å². The molecule has 4 N–H and O–H groups in total. The number of pyridine rings is 1. The van der Waals surface area contributed by atoms with Crippen molar-refractivity contribution >= 4 is 11.6 Å². The molecule has 1 amide bonds. The monoisotopic (exact) mass is 292 g/mol. The Morgan fingerprint density at radius 2 is 1.81 bits per heavy atom. The predicted octanol–water partition coefficient (Wildman–Crippen LogP) is 1.62. The molecule has 0 bridgehead atoms. The predicted molar refractivity (Wildman–Crippen MR) is 74.4 cm³/mol. The molecular formula is C14H14F2N4O. The molecule has 0 unspecified atom stereocenters. The number of hydrogen-bond acceptors (Lipinski definition) is 4. The number of carbonyl (C=O) groups is 1. The Labute approximate surface area is 120 Å². The number of rotatable bonds is 5. The second-order valence-corrected chi connectivity index (χ2v) is 4.32. The standard InChI is InChI=1S/C14H14F2N4O/c15-11-7-10(8-12(16)13(11)20-17)14(21)19-6-3-9-1-4-18-5-2-9/h1-2,4-5,7-8,20H,3,6,17H2,(H,19,21). The van der Waals surface area contributed by atoms with Crippen LogP contribution in [0, 0.1) is 11.6 Å². The maximum Gasteiger partial charge on any atom is 0.251 e. The number of anilines is 1. The molecule has 7 heteroatoms. The van der Waals surface area contributed by atoms with Crippen LogP contribution in [0.3, 0.4) is 0 Å². The Bertz CT molecular complexity index is 611. The van der Waals surface area contributed by atoms with Crippen LogP contribution in [-0.4, -0.2) is 17.4 Å². The highest BCUT2D eigenvalue weighted by molar-refractivity contribution is 5.94. The number of benzene rings is 1. The van der Waals surface area contributed by atoms with E-state index in [9.17, 15) is 13.6 Å². The van der Waals surface area contributed by atoms with Gasteiger partial charge in [-0.1, -0.05) is 0 Å². The lowest BCUT2D eigenvalue weighted by Gasteiger charge is -2.08. The zero-order valence-electron chi connectivity index (χ0n) is 11.1. The maximum absolute atomic E-state index is 13.5. The van der Waals surface area contributed by atoms with Crippen molar-refractivity contribution in [3.05, 3.63) is 59.4 Å². The van der Waals surface area contributed by atoms with E-state index in [-0.39, 0.29) is 5.56 Å². The molecule has 0 aliphatic rings. The number of aromatic nitrogens is 1. The molecule has 2 rings (SSSR count). The van der Waals surface area contributed by atoms with Gasteiger partial charge in [0, 0.05) is 24.5 Å². The van der Waals surface area contributed by atoms with Crippen molar-refractivity contribution in [2.24, 2.45) is 5.84 Å². The Kier molecular flexibility index (Phi) is 4.78. The van der Waals surface area contributed by atoms with Crippen molar-refractivity contribution < 1.29 is 13.6 Å². The number of nitrogens with one attached hydrogen (secondary N) is 2. The Morgan fingerprint density at radius 1 is 1.19 bits per heavy atom. The minimum Gasteiger partial charge on any atom is -0.352 e. The Balaban J connectivity index is 1.98. The van der Waals surface area contributed by atoms with E-state index in [0.717, 1.165) is 17.7 Å². The van der Waals surface area contributed by atoms with Gasteiger partial charge in [-0.3, -0.25) is 15.6 Å². The van der Waals surface area contributed by atoms with Crippen molar-refractivity contribution in [3.8, 4) is 0 Å². The van der Waals surface area contributed by atoms with Gasteiger partial charge >= 0.3 is 0 Å². The molecule has 110 valence electrons. The molecule has 0 spiro atoms. The fourth-order valence-corrected chi connectivity index (χ4v) is 1.81. The van der Waals surface area contributed by atoms with Crippen LogP contribution < -0.4 is 16.6 Å². The van der Waals surface area contributed by atoms with Crippen LogP contribution >= 0.6 is 0 Å². The van der Waals surface area contributed by atoms with Gasteiger partial charge in [0.25, 0.3) is 5.91 Å². The summed E-state index contributed by atoms with van der Waals surface area (Å²) in [4.78, 5) is 15.7. The van der Waals surface area contributed by atoms with Crippen LogP contribution in [0.1, 0.15) is 15.9 Å². The quantitative estimate of drug-likeness (QED) is 0.578. The van der Waals surface area contributed by atoms with Crippen LogP contribution in [-0.2, 0) is 6.42 Å². The number of amides is 1. The van der Waals surface area contributed by atoms with Crippen LogP contribution in [0.2, 0.25) is 0 Å². The summed E-state index contributed by atoms with van der Waals surface area (Å²) in [5.74, 6) is 2.60. The summed E-state index contributed by atoms with van der Waals surface area (Å²) in [5, 5.41) is 2.60. The third-order valence-electron chi connectivity index (χ3n) is 2.90. The average Bonchev–Trinajstić information content (AvgIpc) is 2.48. The Morgan fingerprint density at radius 3 is 2.38 bits per heavy atom. The number of halogens is 2. The van der Waals surface area contributed by atoms with E-state index in [0.29, 0.717) is 13.0 Å². The highest BCUT2D eigenvalue weighted by Gasteiger charge is 2.14. The Hall–Kier alpha value is -2.54. The van der Waals surface area contributed by atoms with E-state index in [1.165, 1.54) is 0 Å². The molecule has 21 heavy (non-hydrogen) atoms. The molecule has 0 atom stereocenters. The van der Waals surface area contributed by atoms with Crippen LogP contribution in [0.5, 0.6) is 0 Å². The molecule has 0 saturated heterocycles. The third kappa shape index (κ3) is 3.73. The van der Waals surface area contributed by atoms with E-state index < -0.39 is 23.2 Å². The van der Waals surface area contributed by atoms with E-state index in [1.807, 2.05) is 17.6 Å². The molecule has 1 aromatic heterocycles. The van der Waals surface area contributed by atoms with E-state index in [1.54, 1.807) is 12.4 Å². The first kappa shape index (κ1) is 14.9. The average molecular weight is 292 g/mol. The first-order valence-electron chi connectivity index (χ1n) is 6.24. The summed E-state index contributed by atoms with van der Waals surface area (Å²) in [6, 6.07) is 5.51. The van der Waals surface area contributed by atoms with Crippen molar-refractivity contribution in [3.63, 3.8) is 0 Å². The smallest absolute Gasteiger partial charge is 0.251 e. The summed E-state index contributed by atoms with van der Waals surface area (Å²) < 4.78 is 27.0. The van der Waals surface area contributed by atoms with Crippen molar-refractivity contribution in [1.29, 1.82) is 0 Å². The SMILES string of the molecule is NNc1c(F)cc(C(=O)NCCc2ccncc2)cc1F. The summed E-state index contributed by atoms with van der Waals surface area (Å²) in [6.45, 7) is 0.350. The van der Waals surface area contributed by atoms with Crippen molar-refractivity contribution in [2.45, 2.75) is 6.42 Å². The van der Waals surface area contributed by atoms with Gasteiger partial charge in [0.2, 0.25) is 0 Å². The normalized spacial score (nSPS) is 10.2. The van der Waals surface area contributed by atoms with Gasteiger partial charge in [0.15, 0.2) is 11.6 Å². The van der Waals surface area contributed by atoms with Crippen LogP contribution in [0.15, 0.2) is 36.7 Å². The highest BCUT2D eigenvalue weighted by atomic mass is 19.1. The lowest BCUT2D eigenvalue weighted by Crippen LogP contribution is -2.26. The van der Waals surface area contributed by atoms with Gasteiger partial charge in [0.1, 0.15) is 5.69 Å². The minimum absolute atomic E-state index is 0.0984. The topological polar surface area (TPSA) is 80.0 Å². The number of nitrogens with zero attached hydrogens (tertiary/aromatic N) is 1. The van der Waals surface area contributed by atoms with Gasteiger partial charge in [-0.15, -0.1) is 0 Å². The van der Waals surface area contributed by atoms with E-state index >= 15 is 0 Å². The minimum atomic E-state index is -0.920. The second-order valence-electron chi connectivity index (χ2n) is 4.32.